The van der Waals surface area contributed by atoms with Crippen molar-refractivity contribution < 1.29 is 46.1 Å². The van der Waals surface area contributed by atoms with Crippen molar-refractivity contribution in [3.05, 3.63) is 150 Å². The van der Waals surface area contributed by atoms with Gasteiger partial charge in [-0.25, -0.2) is 0 Å². The zero-order chi connectivity index (χ0) is 29.4. The molecule has 0 saturated heterocycles. The number of hydrogen-bond donors (Lipinski definition) is 0. The molecule has 0 fully saturated rings. The molecule has 0 spiro atoms. The van der Waals surface area contributed by atoms with Crippen LogP contribution < -0.4 is 24.8 Å². The molecule has 0 N–H and O–H groups in total. The number of halogens is 4. The van der Waals surface area contributed by atoms with Crippen LogP contribution in [0, 0.1) is 11.3 Å². The van der Waals surface area contributed by atoms with Crippen LogP contribution in [0.15, 0.2) is 118 Å². The molecule has 0 aliphatic heterocycles. The summed E-state index contributed by atoms with van der Waals surface area (Å²) in [4.78, 5) is 0. The Bertz CT molecular complexity index is 1610. The van der Waals surface area contributed by atoms with E-state index in [4.69, 9.17) is 23.2 Å². The summed E-state index contributed by atoms with van der Waals surface area (Å²) in [6, 6.07) is 35.5. The van der Waals surface area contributed by atoms with E-state index < -0.39 is 21.3 Å². The first kappa shape index (κ1) is 35.1. The molecule has 6 rings (SSSR count). The van der Waals surface area contributed by atoms with Crippen molar-refractivity contribution >= 4 is 26.4 Å². The number of allylic oxidation sites excluding steroid dienone is 4. The van der Waals surface area contributed by atoms with Crippen molar-refractivity contribution in [3.8, 4) is 11.1 Å². The molecule has 0 heterocycles. The van der Waals surface area contributed by atoms with Gasteiger partial charge in [0.15, 0.2) is 0 Å². The molecule has 0 radical (unpaired) electrons. The standard InChI is InChI=1S/C13H8Cl2.C13H9.C13H21.2ClH.Zr/c14-12-5-1-10(2-6-12)9-11-3-7-13(15)8-4-11;1-3-7-12-10(5-1)9-11-6-2-4-8-13(11)12;1-5-6-7-11-8-9-12(10-11)13(2,3)4;;;/h1-8H;1-9H;9-11H,5-7H2,1-4H3;2*1H;/q;;;;;+2/p-2. The first-order chi connectivity index (χ1) is 20.3. The molecule has 2 aliphatic rings. The summed E-state index contributed by atoms with van der Waals surface area (Å²) in [6.45, 7) is 9.40. The first-order valence-electron chi connectivity index (χ1n) is 15.1. The zero-order valence-electron chi connectivity index (χ0n) is 25.7. The quantitative estimate of drug-likeness (QED) is 0.231. The van der Waals surface area contributed by atoms with Crippen molar-refractivity contribution in [1.29, 1.82) is 0 Å². The summed E-state index contributed by atoms with van der Waals surface area (Å²) >= 11 is 10.1. The Labute approximate surface area is 293 Å². The van der Waals surface area contributed by atoms with Crippen LogP contribution in [0.5, 0.6) is 0 Å². The SMILES string of the molecule is CCCCC1C=C(C(C)(C)C)C=[C]1[Zr+2](=[C](c1ccc(Cl)cc1)c1ccc(Cl)cc1)[CH]1c2ccccc2-c2ccccc21.[Cl-].[Cl-]. The predicted octanol–water partition coefficient (Wildman–Crippen LogP) is 5.63. The van der Waals surface area contributed by atoms with E-state index in [9.17, 15) is 0 Å². The van der Waals surface area contributed by atoms with E-state index in [1.54, 1.807) is 3.28 Å². The number of benzene rings is 4. The van der Waals surface area contributed by atoms with Gasteiger partial charge in [0.25, 0.3) is 0 Å². The topological polar surface area (TPSA) is 0 Å². The second kappa shape index (κ2) is 14.8. The molecule has 4 aromatic rings. The van der Waals surface area contributed by atoms with Crippen molar-refractivity contribution in [2.45, 2.75) is 50.6 Å². The molecule has 5 heteroatoms. The smallest absolute Gasteiger partial charge is 1.00 e. The van der Waals surface area contributed by atoms with Gasteiger partial charge in [-0.1, -0.05) is 0 Å². The summed E-state index contributed by atoms with van der Waals surface area (Å²) in [5, 5.41) is 1.54. The van der Waals surface area contributed by atoms with Gasteiger partial charge in [-0.2, -0.15) is 0 Å². The molecule has 0 aromatic heterocycles. The molecular formula is C39H38Cl4Zr. The van der Waals surface area contributed by atoms with Crippen LogP contribution in [-0.4, -0.2) is 3.21 Å². The largest absolute Gasteiger partial charge is 1.00 e. The third kappa shape index (κ3) is 6.99. The van der Waals surface area contributed by atoms with Crippen LogP contribution >= 0.6 is 23.2 Å². The van der Waals surface area contributed by atoms with Crippen molar-refractivity contribution in [3.63, 3.8) is 0 Å². The molecule has 1 atom stereocenters. The fourth-order valence-corrected chi connectivity index (χ4v) is 16.6. The van der Waals surface area contributed by atoms with Gasteiger partial charge in [0.2, 0.25) is 0 Å². The van der Waals surface area contributed by atoms with Crippen LogP contribution in [0.3, 0.4) is 0 Å². The van der Waals surface area contributed by atoms with Gasteiger partial charge in [-0.15, -0.1) is 0 Å². The van der Waals surface area contributed by atoms with Crippen molar-refractivity contribution in [2.75, 3.05) is 0 Å². The van der Waals surface area contributed by atoms with Crippen molar-refractivity contribution in [1.82, 2.24) is 0 Å². The second-order valence-electron chi connectivity index (χ2n) is 12.6. The third-order valence-electron chi connectivity index (χ3n) is 8.79. The Morgan fingerprint density at radius 2 is 1.18 bits per heavy atom. The van der Waals surface area contributed by atoms with Crippen molar-refractivity contribution in [2.24, 2.45) is 11.3 Å². The number of rotatable bonds is 7. The van der Waals surface area contributed by atoms with Crippen LogP contribution in [0.25, 0.3) is 11.1 Å². The Kier molecular flexibility index (Phi) is 11.8. The van der Waals surface area contributed by atoms with Gasteiger partial charge in [0, 0.05) is 0 Å². The molecule has 2 aliphatic carbocycles. The minimum atomic E-state index is -2.86. The van der Waals surface area contributed by atoms with E-state index in [-0.39, 0.29) is 30.2 Å². The average Bonchev–Trinajstić information content (AvgIpc) is 3.56. The Morgan fingerprint density at radius 3 is 1.64 bits per heavy atom. The summed E-state index contributed by atoms with van der Waals surface area (Å²) in [5.41, 5.74) is 9.95. The summed E-state index contributed by atoms with van der Waals surface area (Å²) in [5.74, 6) is 0.475. The molecular weight excluding hydrogens is 701 g/mol. The fourth-order valence-electron chi connectivity index (χ4n) is 6.67. The first-order valence-corrected chi connectivity index (χ1v) is 19.8. The minimum absolute atomic E-state index is 0. The summed E-state index contributed by atoms with van der Waals surface area (Å²) < 4.78 is 3.62. The molecule has 1 unspecified atom stereocenters. The molecule has 4 aromatic carbocycles. The van der Waals surface area contributed by atoms with Gasteiger partial charge < -0.3 is 24.8 Å². The van der Waals surface area contributed by atoms with E-state index in [0.29, 0.717) is 9.54 Å². The number of hydrogen-bond acceptors (Lipinski definition) is 0. The zero-order valence-corrected chi connectivity index (χ0v) is 31.2. The van der Waals surface area contributed by atoms with Crippen LogP contribution in [0.1, 0.15) is 72.8 Å². The molecule has 0 amide bonds. The molecule has 0 nitrogen and oxygen atoms in total. The average molecular weight is 740 g/mol. The molecule has 0 saturated carbocycles. The second-order valence-corrected chi connectivity index (χ2v) is 19.6. The Balaban J connectivity index is 0.00000221. The minimum Gasteiger partial charge on any atom is -1.00 e. The van der Waals surface area contributed by atoms with E-state index in [1.807, 2.05) is 0 Å². The van der Waals surface area contributed by atoms with E-state index >= 15 is 0 Å². The van der Waals surface area contributed by atoms with Gasteiger partial charge >= 0.3 is 271 Å². The van der Waals surface area contributed by atoms with E-state index in [1.165, 1.54) is 61.4 Å². The van der Waals surface area contributed by atoms with Crippen LogP contribution in [0.4, 0.5) is 0 Å². The van der Waals surface area contributed by atoms with Gasteiger partial charge in [0.1, 0.15) is 0 Å². The third-order valence-corrected chi connectivity index (χ3v) is 17.8. The normalized spacial score (nSPS) is 15.2. The maximum Gasteiger partial charge on any atom is -1.00 e. The molecule has 44 heavy (non-hydrogen) atoms. The fraction of sp³-hybridized carbons (Fsp3) is 0.256. The maximum absolute atomic E-state index is 6.47. The molecule has 226 valence electrons. The summed E-state index contributed by atoms with van der Waals surface area (Å²) in [6.07, 6.45) is 8.92. The number of unbranched alkanes of at least 4 members (excludes halogenated alkanes) is 1. The summed E-state index contributed by atoms with van der Waals surface area (Å²) in [7, 11) is 0. The Hall–Kier alpha value is -1.73. The van der Waals surface area contributed by atoms with Gasteiger partial charge in [-0.3, -0.25) is 0 Å². The molecule has 0 bridgehead atoms. The Morgan fingerprint density at radius 1 is 0.705 bits per heavy atom. The van der Waals surface area contributed by atoms with E-state index in [2.05, 4.69) is 137 Å². The predicted molar refractivity (Wildman–Crippen MR) is 178 cm³/mol. The van der Waals surface area contributed by atoms with Gasteiger partial charge in [-0.05, 0) is 0 Å². The monoisotopic (exact) mass is 736 g/mol. The van der Waals surface area contributed by atoms with Crippen LogP contribution in [-0.2, 0) is 21.3 Å². The maximum atomic E-state index is 6.47. The number of fused-ring (bicyclic) bond motifs is 3. The van der Waals surface area contributed by atoms with Gasteiger partial charge in [0.05, 0.1) is 0 Å². The van der Waals surface area contributed by atoms with E-state index in [0.717, 1.165) is 10.0 Å². The van der Waals surface area contributed by atoms with Crippen LogP contribution in [0.2, 0.25) is 10.0 Å².